The number of benzene rings is 1. The molecule has 1 aliphatic rings. The van der Waals surface area contributed by atoms with Crippen LogP contribution in [0.25, 0.3) is 0 Å². The van der Waals surface area contributed by atoms with Crippen LogP contribution in [0.5, 0.6) is 0 Å². The normalized spacial score (nSPS) is 23.6. The van der Waals surface area contributed by atoms with Crippen LogP contribution in [-0.2, 0) is 6.42 Å². The standard InChI is InChI=1S/C14H21N3S/c1-11(2)17-13(18)15-14(3,16-17)10-9-12-7-5-4-6-8-12/h4-8,11,16H,9-10H2,1-3H3,(H,15,18). The lowest BCUT2D eigenvalue weighted by atomic mass is 10.0. The molecule has 2 N–H and O–H groups in total. The molecule has 1 unspecified atom stereocenters. The van der Waals surface area contributed by atoms with Crippen molar-refractivity contribution in [2.75, 3.05) is 0 Å². The zero-order valence-corrected chi connectivity index (χ0v) is 12.1. The van der Waals surface area contributed by atoms with Crippen molar-refractivity contribution in [2.24, 2.45) is 0 Å². The molecule has 0 amide bonds. The van der Waals surface area contributed by atoms with Gasteiger partial charge < -0.3 is 5.32 Å². The van der Waals surface area contributed by atoms with Crippen molar-refractivity contribution in [1.82, 2.24) is 15.8 Å². The summed E-state index contributed by atoms with van der Waals surface area (Å²) in [4.78, 5) is 0. The van der Waals surface area contributed by atoms with Gasteiger partial charge in [0.05, 0.1) is 0 Å². The highest BCUT2D eigenvalue weighted by atomic mass is 32.1. The molecule has 2 rings (SSSR count). The van der Waals surface area contributed by atoms with E-state index in [9.17, 15) is 0 Å². The highest BCUT2D eigenvalue weighted by Crippen LogP contribution is 2.18. The maximum Gasteiger partial charge on any atom is 0.185 e. The Morgan fingerprint density at radius 1 is 1.28 bits per heavy atom. The van der Waals surface area contributed by atoms with E-state index in [1.807, 2.05) is 11.1 Å². The fraction of sp³-hybridized carbons (Fsp3) is 0.500. The van der Waals surface area contributed by atoms with E-state index < -0.39 is 0 Å². The van der Waals surface area contributed by atoms with Crippen LogP contribution in [0, 0.1) is 0 Å². The third-order valence-electron chi connectivity index (χ3n) is 3.24. The summed E-state index contributed by atoms with van der Waals surface area (Å²) in [6, 6.07) is 10.9. The van der Waals surface area contributed by atoms with Crippen LogP contribution in [-0.4, -0.2) is 21.8 Å². The molecule has 0 spiro atoms. The largest absolute Gasteiger partial charge is 0.342 e. The molecule has 0 aliphatic carbocycles. The van der Waals surface area contributed by atoms with Gasteiger partial charge in [0.25, 0.3) is 0 Å². The maximum atomic E-state index is 5.35. The Kier molecular flexibility index (Phi) is 3.88. The van der Waals surface area contributed by atoms with E-state index in [0.717, 1.165) is 18.0 Å². The van der Waals surface area contributed by atoms with Crippen molar-refractivity contribution < 1.29 is 0 Å². The third-order valence-corrected chi connectivity index (χ3v) is 3.54. The van der Waals surface area contributed by atoms with Gasteiger partial charge >= 0.3 is 0 Å². The molecule has 0 bridgehead atoms. The van der Waals surface area contributed by atoms with E-state index in [4.69, 9.17) is 12.2 Å². The smallest absolute Gasteiger partial charge is 0.185 e. The lowest BCUT2D eigenvalue weighted by Crippen LogP contribution is -2.50. The van der Waals surface area contributed by atoms with E-state index in [-0.39, 0.29) is 5.66 Å². The first-order valence-corrected chi connectivity index (χ1v) is 6.84. The van der Waals surface area contributed by atoms with Crippen LogP contribution in [0.1, 0.15) is 32.8 Å². The summed E-state index contributed by atoms with van der Waals surface area (Å²) in [5.74, 6) is 0. The fourth-order valence-electron chi connectivity index (χ4n) is 2.16. The van der Waals surface area contributed by atoms with E-state index in [1.54, 1.807) is 0 Å². The first kappa shape index (κ1) is 13.3. The van der Waals surface area contributed by atoms with Gasteiger partial charge in [-0.15, -0.1) is 0 Å². The lowest BCUT2D eigenvalue weighted by molar-refractivity contribution is 0.193. The van der Waals surface area contributed by atoms with Crippen molar-refractivity contribution in [3.8, 4) is 0 Å². The monoisotopic (exact) mass is 263 g/mol. The van der Waals surface area contributed by atoms with E-state index in [1.165, 1.54) is 5.56 Å². The summed E-state index contributed by atoms with van der Waals surface area (Å²) in [5.41, 5.74) is 4.68. The number of nitrogens with zero attached hydrogens (tertiary/aromatic N) is 1. The number of nitrogens with one attached hydrogen (secondary N) is 2. The molecule has 1 aromatic rings. The van der Waals surface area contributed by atoms with E-state index in [2.05, 4.69) is 55.8 Å². The summed E-state index contributed by atoms with van der Waals surface area (Å²) in [5, 5.41) is 6.20. The van der Waals surface area contributed by atoms with Crippen molar-refractivity contribution in [2.45, 2.75) is 45.3 Å². The van der Waals surface area contributed by atoms with Gasteiger partial charge in [-0.25, -0.2) is 5.43 Å². The fourth-order valence-corrected chi connectivity index (χ4v) is 2.64. The molecule has 1 aliphatic heterocycles. The van der Waals surface area contributed by atoms with Gasteiger partial charge in [0.15, 0.2) is 5.11 Å². The van der Waals surface area contributed by atoms with Crippen LogP contribution >= 0.6 is 12.2 Å². The maximum absolute atomic E-state index is 5.35. The van der Waals surface area contributed by atoms with E-state index >= 15 is 0 Å². The molecular formula is C14H21N3S. The van der Waals surface area contributed by atoms with Crippen molar-refractivity contribution in [3.05, 3.63) is 35.9 Å². The van der Waals surface area contributed by atoms with Crippen molar-refractivity contribution >= 4 is 17.3 Å². The zero-order chi connectivity index (χ0) is 13.2. The Morgan fingerprint density at radius 3 is 2.50 bits per heavy atom. The molecule has 1 heterocycles. The molecule has 0 radical (unpaired) electrons. The zero-order valence-electron chi connectivity index (χ0n) is 11.2. The van der Waals surface area contributed by atoms with Gasteiger partial charge in [-0.2, -0.15) is 0 Å². The summed E-state index contributed by atoms with van der Waals surface area (Å²) in [6.45, 7) is 6.42. The highest BCUT2D eigenvalue weighted by molar-refractivity contribution is 7.80. The van der Waals surface area contributed by atoms with Crippen LogP contribution in [0.4, 0.5) is 0 Å². The Bertz CT molecular complexity index is 418. The van der Waals surface area contributed by atoms with Crippen molar-refractivity contribution in [1.29, 1.82) is 0 Å². The Labute approximate surface area is 115 Å². The topological polar surface area (TPSA) is 27.3 Å². The highest BCUT2D eigenvalue weighted by Gasteiger charge is 2.36. The second-order valence-corrected chi connectivity index (χ2v) is 5.71. The number of aryl methyl sites for hydroxylation is 1. The molecule has 0 aromatic heterocycles. The number of thiocarbonyl (C=S) groups is 1. The Hall–Kier alpha value is -1.13. The average Bonchev–Trinajstić information content (AvgIpc) is 2.65. The van der Waals surface area contributed by atoms with Gasteiger partial charge in [-0.05, 0) is 51.4 Å². The number of hydrazine groups is 1. The van der Waals surface area contributed by atoms with Crippen LogP contribution in [0.3, 0.4) is 0 Å². The van der Waals surface area contributed by atoms with Crippen LogP contribution < -0.4 is 10.7 Å². The predicted molar refractivity (Wildman–Crippen MR) is 79.0 cm³/mol. The SMILES string of the molecule is CC(C)N1NC(C)(CCc2ccccc2)NC1=S. The molecule has 1 fully saturated rings. The third kappa shape index (κ3) is 3.00. The predicted octanol–water partition coefficient (Wildman–Crippen LogP) is 2.44. The number of hydrogen-bond donors (Lipinski definition) is 2. The quantitative estimate of drug-likeness (QED) is 0.816. The minimum absolute atomic E-state index is 0.142. The molecule has 1 saturated heterocycles. The first-order valence-electron chi connectivity index (χ1n) is 6.43. The Morgan fingerprint density at radius 2 is 1.94 bits per heavy atom. The second kappa shape index (κ2) is 5.24. The number of hydrogen-bond acceptors (Lipinski definition) is 2. The van der Waals surface area contributed by atoms with Crippen LogP contribution in [0.2, 0.25) is 0 Å². The molecule has 1 atom stereocenters. The van der Waals surface area contributed by atoms with Gasteiger partial charge in [0, 0.05) is 6.04 Å². The van der Waals surface area contributed by atoms with Gasteiger partial charge in [0.1, 0.15) is 5.66 Å². The average molecular weight is 263 g/mol. The van der Waals surface area contributed by atoms with E-state index in [0.29, 0.717) is 6.04 Å². The lowest BCUT2D eigenvalue weighted by Gasteiger charge is -2.27. The molecule has 0 saturated carbocycles. The summed E-state index contributed by atoms with van der Waals surface area (Å²) < 4.78 is 0. The number of rotatable bonds is 4. The summed E-state index contributed by atoms with van der Waals surface area (Å²) >= 11 is 5.35. The van der Waals surface area contributed by atoms with Crippen LogP contribution in [0.15, 0.2) is 30.3 Å². The molecule has 4 heteroatoms. The van der Waals surface area contributed by atoms with Gasteiger partial charge in [-0.3, -0.25) is 5.01 Å². The molecular weight excluding hydrogens is 242 g/mol. The molecule has 98 valence electrons. The Balaban J connectivity index is 1.96. The molecule has 18 heavy (non-hydrogen) atoms. The van der Waals surface area contributed by atoms with Gasteiger partial charge in [-0.1, -0.05) is 30.3 Å². The minimum Gasteiger partial charge on any atom is -0.342 e. The minimum atomic E-state index is -0.142. The second-order valence-electron chi connectivity index (χ2n) is 5.32. The molecule has 3 nitrogen and oxygen atoms in total. The summed E-state index contributed by atoms with van der Waals surface area (Å²) in [6.07, 6.45) is 2.03. The van der Waals surface area contributed by atoms with Crippen molar-refractivity contribution in [3.63, 3.8) is 0 Å². The summed E-state index contributed by atoms with van der Waals surface area (Å²) in [7, 11) is 0. The van der Waals surface area contributed by atoms with Gasteiger partial charge in [0.2, 0.25) is 0 Å². The molecule has 1 aromatic carbocycles. The first-order chi connectivity index (χ1) is 8.50.